The van der Waals surface area contributed by atoms with E-state index in [0.717, 1.165) is 12.8 Å². The van der Waals surface area contributed by atoms with Crippen molar-refractivity contribution in [1.29, 1.82) is 0 Å². The van der Waals surface area contributed by atoms with Gasteiger partial charge >= 0.3 is 141 Å². The summed E-state index contributed by atoms with van der Waals surface area (Å²) < 4.78 is 6.20. The van der Waals surface area contributed by atoms with Crippen LogP contribution in [-0.2, 0) is 0 Å². The van der Waals surface area contributed by atoms with E-state index in [4.69, 9.17) is 5.11 Å². The molecule has 0 aliphatic heterocycles. The van der Waals surface area contributed by atoms with Crippen LogP contribution in [0.25, 0.3) is 0 Å². The summed E-state index contributed by atoms with van der Waals surface area (Å²) in [5.74, 6) is 0. The number of allylic oxidation sites excluding steroid dienone is 1. The average molecular weight is 416 g/mol. The van der Waals surface area contributed by atoms with Crippen LogP contribution in [0.3, 0.4) is 0 Å². The molecule has 0 saturated carbocycles. The zero-order valence-electron chi connectivity index (χ0n) is 14.8. The first kappa shape index (κ1) is 19.9. The molecule has 0 aromatic heterocycles. The molecule has 0 fully saturated rings. The van der Waals surface area contributed by atoms with Gasteiger partial charge in [-0.05, 0) is 0 Å². The van der Waals surface area contributed by atoms with Crippen molar-refractivity contribution in [1.82, 2.24) is 5.32 Å². The van der Waals surface area contributed by atoms with Crippen LogP contribution in [0.4, 0.5) is 4.79 Å². The third-order valence-corrected chi connectivity index (χ3v) is 21.4. The van der Waals surface area contributed by atoms with Crippen LogP contribution in [0.1, 0.15) is 72.1 Å². The van der Waals surface area contributed by atoms with Gasteiger partial charge in [-0.3, -0.25) is 0 Å². The van der Waals surface area contributed by atoms with E-state index in [1.807, 2.05) is 0 Å². The number of hydrogen-bond acceptors (Lipinski definition) is 1. The molecule has 0 spiro atoms. The Bertz CT molecular complexity index is 346. The van der Waals surface area contributed by atoms with Crippen molar-refractivity contribution < 1.29 is 9.90 Å². The Morgan fingerprint density at radius 3 is 2.05 bits per heavy atom. The number of hydrogen-bond donors (Lipinski definition) is 2. The Balaban J connectivity index is 2.91. The molecule has 1 aliphatic rings. The quantitative estimate of drug-likeness (QED) is 0.423. The maximum absolute atomic E-state index is 10.9. The number of amides is 1. The van der Waals surface area contributed by atoms with Crippen molar-refractivity contribution in [2.24, 2.45) is 0 Å². The SMILES string of the molecule is CCC[CH2][Sn]([CH2]CCC)([CH2]CCC)[C]1=CC(NC(=O)O)CC1. The molecule has 2 N–H and O–H groups in total. The van der Waals surface area contributed by atoms with Crippen LogP contribution in [0.15, 0.2) is 9.67 Å². The fourth-order valence-electron chi connectivity index (χ4n) is 3.84. The summed E-state index contributed by atoms with van der Waals surface area (Å²) >= 11 is -2.27. The van der Waals surface area contributed by atoms with Gasteiger partial charge in [0, 0.05) is 0 Å². The van der Waals surface area contributed by atoms with Crippen LogP contribution >= 0.6 is 0 Å². The number of rotatable bonds is 11. The second kappa shape index (κ2) is 10.6. The van der Waals surface area contributed by atoms with E-state index in [9.17, 15) is 4.79 Å². The molecular formula is C18H35NO2Sn. The van der Waals surface area contributed by atoms with E-state index < -0.39 is 24.5 Å². The van der Waals surface area contributed by atoms with Crippen LogP contribution in [0, 0.1) is 0 Å². The standard InChI is InChI=1S/C6H8NO2.3C4H9.Sn/c8-6(9)7-5-3-1-2-4-5;3*1-3-4-2;/h4-5,7H,1,3H2,(H,8,9);3*1,3-4H2,2H3;. The van der Waals surface area contributed by atoms with Gasteiger partial charge in [-0.25, -0.2) is 0 Å². The summed E-state index contributed by atoms with van der Waals surface area (Å²) in [6.07, 6.45) is 11.6. The van der Waals surface area contributed by atoms with Gasteiger partial charge in [-0.2, -0.15) is 0 Å². The summed E-state index contributed by atoms with van der Waals surface area (Å²) in [5, 5.41) is 11.6. The molecule has 0 saturated heterocycles. The van der Waals surface area contributed by atoms with Gasteiger partial charge in [0.25, 0.3) is 0 Å². The van der Waals surface area contributed by atoms with Crippen LogP contribution < -0.4 is 5.32 Å². The minimum atomic E-state index is -2.27. The Hall–Kier alpha value is -0.191. The van der Waals surface area contributed by atoms with E-state index >= 15 is 0 Å². The first-order valence-corrected chi connectivity index (χ1v) is 16.8. The third kappa shape index (κ3) is 6.13. The van der Waals surface area contributed by atoms with Gasteiger partial charge in [0.05, 0.1) is 0 Å². The second-order valence-electron chi connectivity index (χ2n) is 6.88. The zero-order chi connectivity index (χ0) is 16.4. The first-order valence-electron chi connectivity index (χ1n) is 9.28. The topological polar surface area (TPSA) is 49.3 Å². The Morgan fingerprint density at radius 2 is 1.64 bits per heavy atom. The molecule has 0 bridgehead atoms. The zero-order valence-corrected chi connectivity index (χ0v) is 17.6. The van der Waals surface area contributed by atoms with E-state index in [1.165, 1.54) is 51.8 Å². The molecule has 22 heavy (non-hydrogen) atoms. The van der Waals surface area contributed by atoms with Gasteiger partial charge in [0.2, 0.25) is 0 Å². The van der Waals surface area contributed by atoms with Crippen molar-refractivity contribution in [2.75, 3.05) is 0 Å². The van der Waals surface area contributed by atoms with Crippen LogP contribution in [-0.4, -0.2) is 35.6 Å². The van der Waals surface area contributed by atoms with Gasteiger partial charge in [-0.15, -0.1) is 0 Å². The van der Waals surface area contributed by atoms with Crippen molar-refractivity contribution in [3.63, 3.8) is 0 Å². The number of nitrogens with one attached hydrogen (secondary N) is 1. The molecule has 1 atom stereocenters. The Morgan fingerprint density at radius 1 is 1.14 bits per heavy atom. The molecule has 1 unspecified atom stereocenters. The Kier molecular flexibility index (Phi) is 9.53. The van der Waals surface area contributed by atoms with Crippen molar-refractivity contribution >= 4 is 24.5 Å². The molecule has 1 amide bonds. The summed E-state index contributed by atoms with van der Waals surface area (Å²) in [6, 6.07) is 0.0773. The number of carbonyl (C=O) groups is 1. The van der Waals surface area contributed by atoms with Crippen LogP contribution in [0.5, 0.6) is 0 Å². The number of carboxylic acid groups (broad SMARTS) is 1. The fourth-order valence-corrected chi connectivity index (χ4v) is 21.1. The molecule has 0 aromatic carbocycles. The Labute approximate surface area is 140 Å². The van der Waals surface area contributed by atoms with E-state index in [2.05, 4.69) is 32.2 Å². The second-order valence-corrected chi connectivity index (χ2v) is 20.3. The van der Waals surface area contributed by atoms with Crippen molar-refractivity contribution in [2.45, 2.75) is 91.5 Å². The van der Waals surface area contributed by atoms with Gasteiger partial charge in [0.1, 0.15) is 0 Å². The van der Waals surface area contributed by atoms with Gasteiger partial charge in [-0.1, -0.05) is 0 Å². The van der Waals surface area contributed by atoms with Crippen molar-refractivity contribution in [3.05, 3.63) is 9.67 Å². The molecule has 1 aliphatic carbocycles. The van der Waals surface area contributed by atoms with E-state index in [0.29, 0.717) is 0 Å². The average Bonchev–Trinajstić information content (AvgIpc) is 2.95. The molecule has 3 nitrogen and oxygen atoms in total. The third-order valence-electron chi connectivity index (χ3n) is 5.14. The summed E-state index contributed by atoms with van der Waals surface area (Å²) in [6.45, 7) is 6.90. The van der Waals surface area contributed by atoms with Gasteiger partial charge < -0.3 is 0 Å². The predicted molar refractivity (Wildman–Crippen MR) is 97.2 cm³/mol. The van der Waals surface area contributed by atoms with Crippen molar-refractivity contribution in [3.8, 4) is 0 Å². The molecular weight excluding hydrogens is 381 g/mol. The first-order chi connectivity index (χ1) is 10.6. The molecule has 0 heterocycles. The fraction of sp³-hybridized carbons (Fsp3) is 0.833. The molecule has 0 aromatic rings. The maximum atomic E-state index is 10.9. The summed E-state index contributed by atoms with van der Waals surface area (Å²) in [7, 11) is 0. The minimum absolute atomic E-state index is 0.0773. The van der Waals surface area contributed by atoms with E-state index in [-0.39, 0.29) is 6.04 Å². The molecule has 1 rings (SSSR count). The molecule has 128 valence electrons. The molecule has 0 radical (unpaired) electrons. The number of unbranched alkanes of at least 4 members (excludes halogenated alkanes) is 3. The van der Waals surface area contributed by atoms with Crippen LogP contribution in [0.2, 0.25) is 13.3 Å². The van der Waals surface area contributed by atoms with Gasteiger partial charge in [0.15, 0.2) is 0 Å². The predicted octanol–water partition coefficient (Wildman–Crippen LogP) is 5.73. The monoisotopic (exact) mass is 417 g/mol. The van der Waals surface area contributed by atoms with E-state index in [1.54, 1.807) is 3.59 Å². The summed E-state index contributed by atoms with van der Waals surface area (Å²) in [4.78, 5) is 10.9. The summed E-state index contributed by atoms with van der Waals surface area (Å²) in [5.41, 5.74) is 0. The molecule has 4 heteroatoms. The normalized spacial score (nSPS) is 18.3.